The minimum absolute atomic E-state index is 0.745. The smallest absolute Gasteiger partial charge is 0.192 e. The van der Waals surface area contributed by atoms with Crippen molar-refractivity contribution in [2.24, 2.45) is 7.05 Å². The van der Waals surface area contributed by atoms with E-state index >= 15 is 0 Å². The van der Waals surface area contributed by atoms with Gasteiger partial charge in [-0.2, -0.15) is 0 Å². The van der Waals surface area contributed by atoms with Gasteiger partial charge in [-0.05, 0) is 37.3 Å². The predicted molar refractivity (Wildman–Crippen MR) is 71.9 cm³/mol. The van der Waals surface area contributed by atoms with Crippen LogP contribution in [-0.4, -0.2) is 9.55 Å². The minimum atomic E-state index is 0.745. The van der Waals surface area contributed by atoms with Crippen molar-refractivity contribution in [3.05, 3.63) is 29.3 Å². The third-order valence-corrected chi connectivity index (χ3v) is 4.14. The molecule has 0 saturated heterocycles. The normalized spacial score (nSPS) is 15.4. The van der Waals surface area contributed by atoms with Gasteiger partial charge in [-0.1, -0.05) is 0 Å². The van der Waals surface area contributed by atoms with Crippen molar-refractivity contribution in [3.8, 4) is 0 Å². The Morgan fingerprint density at radius 3 is 2.94 bits per heavy atom. The fourth-order valence-corrected chi connectivity index (χ4v) is 3.29. The summed E-state index contributed by atoms with van der Waals surface area (Å²) in [6.07, 6.45) is 5.02. The van der Waals surface area contributed by atoms with Crippen molar-refractivity contribution in [1.29, 1.82) is 0 Å². The summed E-state index contributed by atoms with van der Waals surface area (Å²) in [7, 11) is 2.17. The average Bonchev–Trinajstić information content (AvgIpc) is 2.86. The Bertz CT molecular complexity index is 764. The van der Waals surface area contributed by atoms with Gasteiger partial charge in [0, 0.05) is 31.1 Å². The number of hydrogen-bond acceptors (Lipinski definition) is 2. The molecular weight excluding hydrogens is 224 g/mol. The molecule has 0 radical (unpaired) electrons. The van der Waals surface area contributed by atoms with Crippen molar-refractivity contribution in [1.82, 2.24) is 9.55 Å². The molecule has 0 aliphatic heterocycles. The second-order valence-corrected chi connectivity index (χ2v) is 5.26. The summed E-state index contributed by atoms with van der Waals surface area (Å²) in [4.78, 5) is 4.45. The van der Waals surface area contributed by atoms with Crippen LogP contribution in [0.5, 0.6) is 0 Å². The fraction of sp³-hybridized carbons (Fsp3) is 0.400. The molecule has 2 aromatic heterocycles. The summed E-state index contributed by atoms with van der Waals surface area (Å²) in [6.45, 7) is 1.90. The molecule has 0 fully saturated rings. The first-order valence-corrected chi connectivity index (χ1v) is 6.61. The first kappa shape index (κ1) is 10.2. The van der Waals surface area contributed by atoms with E-state index < -0.39 is 0 Å². The van der Waals surface area contributed by atoms with Crippen molar-refractivity contribution in [2.45, 2.75) is 32.6 Å². The fourth-order valence-electron chi connectivity index (χ4n) is 3.29. The van der Waals surface area contributed by atoms with Crippen LogP contribution in [0.3, 0.4) is 0 Å². The Balaban J connectivity index is 2.15. The van der Waals surface area contributed by atoms with Gasteiger partial charge in [0.05, 0.1) is 5.52 Å². The van der Waals surface area contributed by atoms with Crippen molar-refractivity contribution in [3.63, 3.8) is 0 Å². The number of benzene rings is 1. The van der Waals surface area contributed by atoms with Crippen LogP contribution in [0.1, 0.15) is 30.0 Å². The molecule has 0 unspecified atom stereocenters. The Labute approximate surface area is 105 Å². The lowest BCUT2D eigenvalue weighted by Gasteiger charge is -2.12. The molecule has 2 heterocycles. The molecule has 3 aromatic rings. The van der Waals surface area contributed by atoms with Gasteiger partial charge in [0.1, 0.15) is 5.52 Å². The third-order valence-electron chi connectivity index (χ3n) is 4.14. The van der Waals surface area contributed by atoms with E-state index in [1.54, 1.807) is 0 Å². The first-order valence-electron chi connectivity index (χ1n) is 6.61. The standard InChI is InChI=1S/C15H16N2O/c1-9-16-12-7-11-10-5-3-4-6-13(10)17(2)14(11)8-15(12)18-9/h7-8H,3-6H2,1-2H3. The van der Waals surface area contributed by atoms with E-state index in [4.69, 9.17) is 4.42 Å². The molecule has 4 rings (SSSR count). The Hall–Kier alpha value is -1.77. The van der Waals surface area contributed by atoms with Crippen molar-refractivity contribution in [2.75, 3.05) is 0 Å². The van der Waals surface area contributed by atoms with Gasteiger partial charge in [-0.15, -0.1) is 0 Å². The minimum Gasteiger partial charge on any atom is -0.441 e. The molecule has 18 heavy (non-hydrogen) atoms. The van der Waals surface area contributed by atoms with E-state index in [0.717, 1.165) is 17.0 Å². The zero-order chi connectivity index (χ0) is 12.3. The Morgan fingerprint density at radius 2 is 2.06 bits per heavy atom. The maximum Gasteiger partial charge on any atom is 0.192 e. The topological polar surface area (TPSA) is 31.0 Å². The summed E-state index contributed by atoms with van der Waals surface area (Å²) < 4.78 is 7.97. The largest absolute Gasteiger partial charge is 0.441 e. The van der Waals surface area contributed by atoms with Crippen LogP contribution in [0.25, 0.3) is 22.0 Å². The highest BCUT2D eigenvalue weighted by molar-refractivity contribution is 5.96. The lowest BCUT2D eigenvalue weighted by atomic mass is 9.95. The first-order chi connectivity index (χ1) is 8.74. The van der Waals surface area contributed by atoms with Gasteiger partial charge in [0.25, 0.3) is 0 Å². The number of aromatic nitrogens is 2. The maximum atomic E-state index is 5.64. The summed E-state index contributed by atoms with van der Waals surface area (Å²) >= 11 is 0. The molecule has 0 N–H and O–H groups in total. The third kappa shape index (κ3) is 1.22. The zero-order valence-electron chi connectivity index (χ0n) is 10.8. The van der Waals surface area contributed by atoms with E-state index in [1.807, 2.05) is 6.92 Å². The second kappa shape index (κ2) is 3.37. The van der Waals surface area contributed by atoms with Crippen LogP contribution in [-0.2, 0) is 19.9 Å². The summed E-state index contributed by atoms with van der Waals surface area (Å²) in [5.74, 6) is 0.745. The molecular formula is C15H16N2O. The average molecular weight is 240 g/mol. The lowest BCUT2D eigenvalue weighted by molar-refractivity contribution is 0.561. The Morgan fingerprint density at radius 1 is 1.22 bits per heavy atom. The van der Waals surface area contributed by atoms with E-state index in [2.05, 4.69) is 28.7 Å². The number of fused-ring (bicyclic) bond motifs is 4. The van der Waals surface area contributed by atoms with Crippen LogP contribution < -0.4 is 0 Å². The summed E-state index contributed by atoms with van der Waals surface area (Å²) in [5, 5.41) is 1.37. The lowest BCUT2D eigenvalue weighted by Crippen LogP contribution is -2.04. The summed E-state index contributed by atoms with van der Waals surface area (Å²) in [5.41, 5.74) is 6.20. The highest BCUT2D eigenvalue weighted by atomic mass is 16.3. The number of oxazole rings is 1. The molecule has 0 saturated carbocycles. The zero-order valence-corrected chi connectivity index (χ0v) is 10.8. The van der Waals surface area contributed by atoms with Gasteiger partial charge >= 0.3 is 0 Å². The van der Waals surface area contributed by atoms with Crippen molar-refractivity contribution >= 4 is 22.0 Å². The van der Waals surface area contributed by atoms with Gasteiger partial charge in [-0.25, -0.2) is 4.98 Å². The molecule has 92 valence electrons. The van der Waals surface area contributed by atoms with E-state index in [0.29, 0.717) is 0 Å². The highest BCUT2D eigenvalue weighted by Crippen LogP contribution is 2.33. The van der Waals surface area contributed by atoms with E-state index in [1.165, 1.54) is 47.8 Å². The van der Waals surface area contributed by atoms with Gasteiger partial charge in [-0.3, -0.25) is 0 Å². The molecule has 0 spiro atoms. The Kier molecular flexibility index (Phi) is 1.91. The van der Waals surface area contributed by atoms with E-state index in [-0.39, 0.29) is 0 Å². The molecule has 3 nitrogen and oxygen atoms in total. The monoisotopic (exact) mass is 240 g/mol. The molecule has 0 amide bonds. The SMILES string of the molecule is Cc1nc2cc3c4c(n(C)c3cc2o1)CCCC4. The number of hydrogen-bond donors (Lipinski definition) is 0. The van der Waals surface area contributed by atoms with Crippen LogP contribution in [0.4, 0.5) is 0 Å². The molecule has 0 atom stereocenters. The molecule has 0 bridgehead atoms. The molecule has 1 aromatic carbocycles. The molecule has 3 heteroatoms. The number of rotatable bonds is 0. The van der Waals surface area contributed by atoms with Crippen LogP contribution >= 0.6 is 0 Å². The van der Waals surface area contributed by atoms with Crippen LogP contribution in [0, 0.1) is 6.92 Å². The predicted octanol–water partition coefficient (Wildman–Crippen LogP) is 3.51. The van der Waals surface area contributed by atoms with Crippen LogP contribution in [0.15, 0.2) is 16.5 Å². The van der Waals surface area contributed by atoms with Crippen molar-refractivity contribution < 1.29 is 4.42 Å². The van der Waals surface area contributed by atoms with Gasteiger partial charge in [0.15, 0.2) is 11.5 Å². The maximum absolute atomic E-state index is 5.64. The molecule has 1 aliphatic carbocycles. The molecule has 1 aliphatic rings. The summed E-state index contributed by atoms with van der Waals surface area (Å²) in [6, 6.07) is 4.34. The van der Waals surface area contributed by atoms with Gasteiger partial charge in [0.2, 0.25) is 0 Å². The highest BCUT2D eigenvalue weighted by Gasteiger charge is 2.19. The quantitative estimate of drug-likeness (QED) is 0.602. The van der Waals surface area contributed by atoms with Gasteiger partial charge < -0.3 is 8.98 Å². The second-order valence-electron chi connectivity index (χ2n) is 5.26. The number of aryl methyl sites for hydroxylation is 3. The van der Waals surface area contributed by atoms with E-state index in [9.17, 15) is 0 Å². The number of nitrogens with zero attached hydrogens (tertiary/aromatic N) is 2. The van der Waals surface area contributed by atoms with Crippen LogP contribution in [0.2, 0.25) is 0 Å².